The van der Waals surface area contributed by atoms with Crippen molar-refractivity contribution in [1.82, 2.24) is 9.38 Å². The summed E-state index contributed by atoms with van der Waals surface area (Å²) in [6.45, 7) is 3.20. The largest absolute Gasteiger partial charge is 0.493 e. The van der Waals surface area contributed by atoms with E-state index in [1.807, 2.05) is 0 Å². The van der Waals surface area contributed by atoms with Gasteiger partial charge in [-0.2, -0.15) is 0 Å². The summed E-state index contributed by atoms with van der Waals surface area (Å²) >= 11 is 1.27. The predicted octanol–water partition coefficient (Wildman–Crippen LogP) is 2.20. The summed E-state index contributed by atoms with van der Waals surface area (Å²) in [6.07, 6.45) is 0. The number of anilines is 1. The van der Waals surface area contributed by atoms with Gasteiger partial charge in [0.25, 0.3) is 15.6 Å². The SMILES string of the molecule is COc1cc(NS(=O)(=O)c2c(C)nc3scc(C)n3c2=O)cc(OC)c1OC. The Balaban J connectivity index is 2.14. The van der Waals surface area contributed by atoms with Crippen LogP contribution in [0.4, 0.5) is 5.69 Å². The number of aromatic nitrogens is 2. The van der Waals surface area contributed by atoms with Crippen LogP contribution < -0.4 is 24.5 Å². The van der Waals surface area contributed by atoms with Gasteiger partial charge < -0.3 is 14.2 Å². The third-order valence-corrected chi connectivity index (χ3v) is 6.51. The van der Waals surface area contributed by atoms with Gasteiger partial charge >= 0.3 is 0 Å². The maximum absolute atomic E-state index is 13.0. The van der Waals surface area contributed by atoms with Crippen LogP contribution in [0.2, 0.25) is 0 Å². The van der Waals surface area contributed by atoms with Crippen molar-refractivity contribution in [3.05, 3.63) is 39.3 Å². The molecule has 28 heavy (non-hydrogen) atoms. The minimum atomic E-state index is -4.22. The first-order valence-corrected chi connectivity index (χ1v) is 10.4. The number of sulfonamides is 1. The third-order valence-electron chi connectivity index (χ3n) is 4.05. The lowest BCUT2D eigenvalue weighted by atomic mass is 10.2. The highest BCUT2D eigenvalue weighted by molar-refractivity contribution is 7.92. The Kier molecular flexibility index (Phi) is 5.22. The van der Waals surface area contributed by atoms with E-state index in [4.69, 9.17) is 14.2 Å². The second-order valence-electron chi connectivity index (χ2n) is 5.85. The summed E-state index contributed by atoms with van der Waals surface area (Å²) in [4.78, 5) is 17.1. The second-order valence-corrected chi connectivity index (χ2v) is 8.30. The number of hydrogen-bond donors (Lipinski definition) is 1. The molecule has 0 saturated heterocycles. The standard InChI is InChI=1S/C17H19N3O6S2/c1-9-8-27-17-18-10(2)15(16(21)20(9)17)28(22,23)19-11-6-12(24-3)14(26-5)13(7-11)25-4/h6-8,19H,1-5H3. The molecule has 0 saturated carbocycles. The van der Waals surface area contributed by atoms with Gasteiger partial charge in [0, 0.05) is 23.2 Å². The first-order chi connectivity index (χ1) is 13.2. The molecule has 11 heteroatoms. The molecular weight excluding hydrogens is 406 g/mol. The summed E-state index contributed by atoms with van der Waals surface area (Å²) in [6, 6.07) is 2.88. The maximum Gasteiger partial charge on any atom is 0.279 e. The lowest BCUT2D eigenvalue weighted by molar-refractivity contribution is 0.325. The van der Waals surface area contributed by atoms with Crippen molar-refractivity contribution in [2.75, 3.05) is 26.1 Å². The van der Waals surface area contributed by atoms with E-state index in [2.05, 4.69) is 9.71 Å². The molecule has 1 aromatic carbocycles. The monoisotopic (exact) mass is 425 g/mol. The van der Waals surface area contributed by atoms with E-state index in [0.29, 0.717) is 16.4 Å². The van der Waals surface area contributed by atoms with Crippen LogP contribution in [0, 0.1) is 13.8 Å². The maximum atomic E-state index is 13.0. The Morgan fingerprint density at radius 1 is 1.07 bits per heavy atom. The van der Waals surface area contributed by atoms with Gasteiger partial charge in [-0.15, -0.1) is 11.3 Å². The van der Waals surface area contributed by atoms with Crippen molar-refractivity contribution in [3.63, 3.8) is 0 Å². The summed E-state index contributed by atoms with van der Waals surface area (Å²) in [5.74, 6) is 0.867. The number of nitrogens with one attached hydrogen (secondary N) is 1. The van der Waals surface area contributed by atoms with E-state index in [9.17, 15) is 13.2 Å². The first-order valence-electron chi connectivity index (χ1n) is 8.03. The van der Waals surface area contributed by atoms with Crippen LogP contribution in [0.5, 0.6) is 17.2 Å². The zero-order valence-corrected chi connectivity index (χ0v) is 17.5. The average molecular weight is 425 g/mol. The molecule has 0 aliphatic rings. The molecule has 9 nitrogen and oxygen atoms in total. The van der Waals surface area contributed by atoms with E-state index >= 15 is 0 Å². The molecule has 0 radical (unpaired) electrons. The Labute approximate surface area is 165 Å². The minimum Gasteiger partial charge on any atom is -0.493 e. The molecule has 2 aromatic heterocycles. The molecule has 150 valence electrons. The molecule has 0 aliphatic heterocycles. The highest BCUT2D eigenvalue weighted by Gasteiger charge is 2.26. The van der Waals surface area contributed by atoms with Gasteiger partial charge in [0.1, 0.15) is 0 Å². The fraction of sp³-hybridized carbons (Fsp3) is 0.294. The number of fused-ring (bicyclic) bond motifs is 1. The van der Waals surface area contributed by atoms with Crippen LogP contribution in [0.1, 0.15) is 11.4 Å². The molecule has 0 fully saturated rings. The molecule has 1 N–H and O–H groups in total. The molecule has 3 aromatic rings. The van der Waals surface area contributed by atoms with E-state index in [-0.39, 0.29) is 22.9 Å². The number of benzene rings is 1. The molecule has 0 bridgehead atoms. The quantitative estimate of drug-likeness (QED) is 0.645. The Hall–Kier alpha value is -2.79. The molecule has 0 spiro atoms. The van der Waals surface area contributed by atoms with Gasteiger partial charge in [-0.3, -0.25) is 13.9 Å². The molecule has 0 atom stereocenters. The average Bonchev–Trinajstić information content (AvgIpc) is 3.00. The predicted molar refractivity (Wildman–Crippen MR) is 106 cm³/mol. The van der Waals surface area contributed by atoms with Gasteiger partial charge in [-0.25, -0.2) is 13.4 Å². The summed E-state index contributed by atoms with van der Waals surface area (Å²) < 4.78 is 45.4. The summed E-state index contributed by atoms with van der Waals surface area (Å²) in [7, 11) is 0.0595. The van der Waals surface area contributed by atoms with E-state index in [1.165, 1.54) is 56.1 Å². The lowest BCUT2D eigenvalue weighted by Gasteiger charge is -2.15. The zero-order valence-electron chi connectivity index (χ0n) is 15.9. The normalized spacial score (nSPS) is 11.5. The zero-order chi connectivity index (χ0) is 20.6. The Morgan fingerprint density at radius 3 is 2.21 bits per heavy atom. The smallest absolute Gasteiger partial charge is 0.279 e. The van der Waals surface area contributed by atoms with Crippen molar-refractivity contribution >= 4 is 32.0 Å². The fourth-order valence-corrected chi connectivity index (χ4v) is 5.01. The van der Waals surface area contributed by atoms with Crippen LogP contribution in [0.25, 0.3) is 4.96 Å². The highest BCUT2D eigenvalue weighted by Crippen LogP contribution is 2.40. The first kappa shape index (κ1) is 20.0. The highest BCUT2D eigenvalue weighted by atomic mass is 32.2. The minimum absolute atomic E-state index is 0.117. The van der Waals surface area contributed by atoms with Crippen LogP contribution in [0.3, 0.4) is 0 Å². The molecule has 0 aliphatic carbocycles. The Bertz CT molecular complexity index is 1190. The number of thiazole rings is 1. The number of aryl methyl sites for hydroxylation is 2. The number of rotatable bonds is 6. The van der Waals surface area contributed by atoms with Crippen molar-refractivity contribution in [1.29, 1.82) is 0 Å². The van der Waals surface area contributed by atoms with E-state index in [0.717, 1.165) is 0 Å². The number of hydrogen-bond acceptors (Lipinski definition) is 8. The van der Waals surface area contributed by atoms with Gasteiger partial charge in [-0.1, -0.05) is 0 Å². The van der Waals surface area contributed by atoms with E-state index < -0.39 is 20.5 Å². The van der Waals surface area contributed by atoms with Crippen LogP contribution in [-0.4, -0.2) is 39.1 Å². The molecular formula is C17H19N3O6S2. The topological polar surface area (TPSA) is 108 Å². The van der Waals surface area contributed by atoms with Gasteiger partial charge in [-0.05, 0) is 13.8 Å². The van der Waals surface area contributed by atoms with Crippen molar-refractivity contribution in [2.45, 2.75) is 18.7 Å². The van der Waals surface area contributed by atoms with Crippen LogP contribution >= 0.6 is 11.3 Å². The number of methoxy groups -OCH3 is 3. The fourth-order valence-electron chi connectivity index (χ4n) is 2.82. The molecule has 3 rings (SSSR count). The van der Waals surface area contributed by atoms with Crippen LogP contribution in [-0.2, 0) is 10.0 Å². The summed E-state index contributed by atoms with van der Waals surface area (Å²) in [5.41, 5.74) is 0.232. The molecule has 0 unspecified atom stereocenters. The van der Waals surface area contributed by atoms with Gasteiger partial charge in [0.05, 0.1) is 32.7 Å². The second kappa shape index (κ2) is 7.32. The number of ether oxygens (including phenoxy) is 3. The number of nitrogens with zero attached hydrogens (tertiary/aromatic N) is 2. The van der Waals surface area contributed by atoms with Crippen molar-refractivity contribution in [2.24, 2.45) is 0 Å². The van der Waals surface area contributed by atoms with Crippen LogP contribution in [0.15, 0.2) is 27.2 Å². The third kappa shape index (κ3) is 3.27. The Morgan fingerprint density at radius 2 is 1.68 bits per heavy atom. The van der Waals surface area contributed by atoms with Crippen molar-refractivity contribution in [3.8, 4) is 17.2 Å². The van der Waals surface area contributed by atoms with E-state index in [1.54, 1.807) is 12.3 Å². The lowest BCUT2D eigenvalue weighted by Crippen LogP contribution is -2.28. The summed E-state index contributed by atoms with van der Waals surface area (Å²) in [5, 5.41) is 1.74. The molecule has 2 heterocycles. The van der Waals surface area contributed by atoms with Gasteiger partial charge in [0.2, 0.25) is 5.75 Å². The van der Waals surface area contributed by atoms with Crippen molar-refractivity contribution < 1.29 is 22.6 Å². The van der Waals surface area contributed by atoms with Gasteiger partial charge in [0.15, 0.2) is 21.4 Å². The molecule has 0 amide bonds.